The molecule has 0 fully saturated rings. The number of rotatable bonds is 8. The summed E-state index contributed by atoms with van der Waals surface area (Å²) >= 11 is 11.2. The van der Waals surface area contributed by atoms with E-state index >= 15 is 0 Å². The highest BCUT2D eigenvalue weighted by atomic mass is 35.5. The molecule has 0 saturated carbocycles. The number of halogens is 2. The number of carbonyl (C=O) groups excluding carboxylic acids is 3. The van der Waals surface area contributed by atoms with Crippen molar-refractivity contribution in [3.05, 3.63) is 27.8 Å². The third-order valence-electron chi connectivity index (χ3n) is 3.72. The number of carbonyl (C=O) groups is 3. The minimum atomic E-state index is -0.663. The van der Waals surface area contributed by atoms with Gasteiger partial charge < -0.3 is 10.1 Å². The summed E-state index contributed by atoms with van der Waals surface area (Å²) in [4.78, 5) is 36.0. The predicted molar refractivity (Wildman–Crippen MR) is 118 cm³/mol. The van der Waals surface area contributed by atoms with Crippen LogP contribution >= 0.6 is 23.2 Å². The fourth-order valence-corrected chi connectivity index (χ4v) is 3.19. The van der Waals surface area contributed by atoms with Crippen molar-refractivity contribution in [2.45, 2.75) is 61.8 Å². The van der Waals surface area contributed by atoms with Crippen LogP contribution in [0.3, 0.4) is 0 Å². The molecule has 0 aliphatic carbocycles. The third-order valence-corrected chi connectivity index (χ3v) is 4.07. The molecule has 1 aromatic rings. The van der Waals surface area contributed by atoms with Gasteiger partial charge in [-0.2, -0.15) is 0 Å². The third kappa shape index (κ3) is 7.90. The van der Waals surface area contributed by atoms with Gasteiger partial charge in [0.15, 0.2) is 5.78 Å². The molecule has 1 rings (SSSR count). The van der Waals surface area contributed by atoms with Crippen molar-refractivity contribution < 1.29 is 19.1 Å². The van der Waals surface area contributed by atoms with E-state index in [1.165, 1.54) is 6.92 Å². The van der Waals surface area contributed by atoms with Crippen molar-refractivity contribution in [2.24, 2.45) is 0 Å². The molecule has 0 bridgehead atoms. The summed E-state index contributed by atoms with van der Waals surface area (Å²) in [7, 11) is 0. The Labute approximate surface area is 179 Å². The maximum atomic E-state index is 12.1. The summed E-state index contributed by atoms with van der Waals surface area (Å²) in [6.07, 6.45) is 0.519. The van der Waals surface area contributed by atoms with Crippen molar-refractivity contribution in [3.63, 3.8) is 0 Å². The van der Waals surface area contributed by atoms with Gasteiger partial charge in [0.1, 0.15) is 6.61 Å². The maximum absolute atomic E-state index is 12.1. The van der Waals surface area contributed by atoms with Gasteiger partial charge >= 0.3 is 0 Å². The molecular formula is C21H33Cl2NO4. The largest absolute Gasteiger partial charge is 0.370 e. The molecule has 0 atom stereocenters. The standard InChI is InChI=1S/C17H21Cl2NO4.2C2H6/c1-5-12-15(11(4)21)9(2)14(17(19)23)10(3)16(12)20-13(22)8-24-7-6-18;2*1-2/h5-8H2,1-4H3,(H,20,22);2*1-2H3. The van der Waals surface area contributed by atoms with Crippen molar-refractivity contribution in [3.8, 4) is 0 Å². The Morgan fingerprint density at radius 2 is 1.54 bits per heavy atom. The number of hydrogen-bond acceptors (Lipinski definition) is 4. The molecule has 1 aromatic carbocycles. The first-order valence-corrected chi connectivity index (χ1v) is 10.5. The fraction of sp³-hybridized carbons (Fsp3) is 0.571. The average Bonchev–Trinajstić information content (AvgIpc) is 2.66. The number of nitrogens with one attached hydrogen (secondary N) is 1. The fourth-order valence-electron chi connectivity index (χ4n) is 2.80. The van der Waals surface area contributed by atoms with Crippen LogP contribution in [0.4, 0.5) is 5.69 Å². The Morgan fingerprint density at radius 3 is 1.93 bits per heavy atom. The second kappa shape index (κ2) is 15.5. The van der Waals surface area contributed by atoms with Crippen LogP contribution in [0, 0.1) is 13.8 Å². The van der Waals surface area contributed by atoms with Crippen molar-refractivity contribution in [1.29, 1.82) is 0 Å². The topological polar surface area (TPSA) is 72.5 Å². The first kappa shape index (κ1) is 28.8. The summed E-state index contributed by atoms with van der Waals surface area (Å²) in [5.74, 6) is -0.280. The maximum Gasteiger partial charge on any atom is 0.253 e. The molecule has 28 heavy (non-hydrogen) atoms. The van der Waals surface area contributed by atoms with E-state index in [4.69, 9.17) is 27.9 Å². The minimum absolute atomic E-state index is 0.164. The summed E-state index contributed by atoms with van der Waals surface area (Å²) in [6.45, 7) is 14.8. The molecule has 0 unspecified atom stereocenters. The molecule has 0 heterocycles. The van der Waals surface area contributed by atoms with E-state index in [1.807, 2.05) is 34.6 Å². The van der Waals surface area contributed by atoms with Gasteiger partial charge in [0.2, 0.25) is 5.91 Å². The first-order chi connectivity index (χ1) is 13.3. The van der Waals surface area contributed by atoms with E-state index < -0.39 is 5.24 Å². The average molecular weight is 434 g/mol. The highest BCUT2D eigenvalue weighted by molar-refractivity contribution is 6.68. The lowest BCUT2D eigenvalue weighted by molar-refractivity contribution is -0.120. The highest BCUT2D eigenvalue weighted by Crippen LogP contribution is 2.33. The lowest BCUT2D eigenvalue weighted by Crippen LogP contribution is -2.22. The van der Waals surface area contributed by atoms with Crippen LogP contribution in [0.5, 0.6) is 0 Å². The zero-order valence-corrected chi connectivity index (χ0v) is 19.7. The van der Waals surface area contributed by atoms with Gasteiger partial charge in [-0.3, -0.25) is 14.4 Å². The molecule has 1 amide bonds. The lowest BCUT2D eigenvalue weighted by Gasteiger charge is -2.21. The number of benzene rings is 1. The number of ketones is 1. The van der Waals surface area contributed by atoms with E-state index in [9.17, 15) is 14.4 Å². The van der Waals surface area contributed by atoms with Crippen LogP contribution in [0.1, 0.15) is 78.9 Å². The van der Waals surface area contributed by atoms with E-state index in [-0.39, 0.29) is 36.3 Å². The first-order valence-electron chi connectivity index (χ1n) is 9.56. The van der Waals surface area contributed by atoms with Crippen molar-refractivity contribution in [2.75, 3.05) is 24.4 Å². The number of amides is 1. The van der Waals surface area contributed by atoms with Gasteiger partial charge in [-0.25, -0.2) is 0 Å². The number of anilines is 1. The Morgan fingerprint density at radius 1 is 1.00 bits per heavy atom. The quantitative estimate of drug-likeness (QED) is 0.247. The molecule has 0 aliphatic heterocycles. The molecule has 1 N–H and O–H groups in total. The molecule has 160 valence electrons. The summed E-state index contributed by atoms with van der Waals surface area (Å²) in [5.41, 5.74) is 2.87. The van der Waals surface area contributed by atoms with Gasteiger partial charge in [0.05, 0.1) is 6.61 Å². The molecule has 0 aliphatic rings. The molecule has 7 heteroatoms. The Balaban J connectivity index is 0. The summed E-state index contributed by atoms with van der Waals surface area (Å²) in [5, 5.41) is 2.07. The van der Waals surface area contributed by atoms with Gasteiger partial charge in [0.25, 0.3) is 5.24 Å². The van der Waals surface area contributed by atoms with Gasteiger partial charge in [-0.05, 0) is 55.5 Å². The van der Waals surface area contributed by atoms with Crippen LogP contribution in [-0.2, 0) is 16.0 Å². The Kier molecular flexibility index (Phi) is 15.9. The van der Waals surface area contributed by atoms with E-state index in [0.717, 1.165) is 0 Å². The summed E-state index contributed by atoms with van der Waals surface area (Å²) < 4.78 is 5.11. The smallest absolute Gasteiger partial charge is 0.253 e. The van der Waals surface area contributed by atoms with Crippen LogP contribution in [-0.4, -0.2) is 36.0 Å². The van der Waals surface area contributed by atoms with Crippen molar-refractivity contribution >= 4 is 45.8 Å². The van der Waals surface area contributed by atoms with Crippen LogP contribution in [0.25, 0.3) is 0 Å². The van der Waals surface area contributed by atoms with Crippen LogP contribution in [0.15, 0.2) is 0 Å². The van der Waals surface area contributed by atoms with Gasteiger partial charge in [0, 0.05) is 22.7 Å². The molecular weight excluding hydrogens is 401 g/mol. The number of ether oxygens (including phenoxy) is 1. The number of hydrogen-bond donors (Lipinski definition) is 1. The predicted octanol–water partition coefficient (Wildman–Crippen LogP) is 5.69. The van der Waals surface area contributed by atoms with Crippen LogP contribution < -0.4 is 5.32 Å². The zero-order valence-electron chi connectivity index (χ0n) is 18.2. The van der Waals surface area contributed by atoms with E-state index in [1.54, 1.807) is 13.8 Å². The van der Waals surface area contributed by atoms with Gasteiger partial charge in [-0.1, -0.05) is 34.6 Å². The monoisotopic (exact) mass is 433 g/mol. The lowest BCUT2D eigenvalue weighted by atomic mass is 9.88. The second-order valence-electron chi connectivity index (χ2n) is 5.33. The molecule has 5 nitrogen and oxygen atoms in total. The minimum Gasteiger partial charge on any atom is -0.370 e. The number of alkyl halides is 1. The van der Waals surface area contributed by atoms with Crippen molar-refractivity contribution in [1.82, 2.24) is 0 Å². The van der Waals surface area contributed by atoms with Crippen LogP contribution in [0.2, 0.25) is 0 Å². The Bertz CT molecular complexity index is 673. The van der Waals surface area contributed by atoms with Gasteiger partial charge in [-0.15, -0.1) is 11.6 Å². The second-order valence-corrected chi connectivity index (χ2v) is 6.05. The molecule has 0 spiro atoms. The Hall–Kier alpha value is -1.43. The molecule has 0 aromatic heterocycles. The SMILES string of the molecule is CC.CC.CCc1c(NC(=O)COCCCl)c(C)c(C(=O)Cl)c(C)c1C(C)=O. The molecule has 0 radical (unpaired) electrons. The van der Waals surface area contributed by atoms with E-state index in [2.05, 4.69) is 5.32 Å². The van der Waals surface area contributed by atoms with E-state index in [0.29, 0.717) is 34.4 Å². The summed E-state index contributed by atoms with van der Waals surface area (Å²) in [6, 6.07) is 0. The number of Topliss-reactive ketones (excluding diaryl/α,β-unsaturated/α-hetero) is 1. The zero-order chi connectivity index (χ0) is 22.4. The molecule has 0 saturated heterocycles. The normalized spacial score (nSPS) is 9.50. The highest BCUT2D eigenvalue weighted by Gasteiger charge is 2.24.